The van der Waals surface area contributed by atoms with Crippen molar-refractivity contribution in [2.75, 3.05) is 33.1 Å². The van der Waals surface area contributed by atoms with Gasteiger partial charge in [-0.3, -0.25) is 5.32 Å². The van der Waals surface area contributed by atoms with Gasteiger partial charge in [0.1, 0.15) is 12.8 Å². The molecule has 2 N–H and O–H groups in total. The van der Waals surface area contributed by atoms with E-state index in [1.54, 1.807) is 6.08 Å². The van der Waals surface area contributed by atoms with Crippen LogP contribution in [-0.2, 0) is 19.0 Å². The first-order valence-corrected chi connectivity index (χ1v) is 12.7. The second-order valence-corrected chi connectivity index (χ2v) is 9.12. The van der Waals surface area contributed by atoms with Gasteiger partial charge in [0.15, 0.2) is 0 Å². The van der Waals surface area contributed by atoms with E-state index in [-0.39, 0.29) is 18.9 Å². The van der Waals surface area contributed by atoms with Crippen molar-refractivity contribution in [3.8, 4) is 0 Å². The molecule has 8 heteroatoms. The molecule has 1 aliphatic heterocycles. The third kappa shape index (κ3) is 11.8. The number of amides is 1. The fraction of sp³-hybridized carbons (Fsp3) is 0.840. The molecule has 2 atom stereocenters. The first kappa shape index (κ1) is 27.5. The highest BCUT2D eigenvalue weighted by molar-refractivity contribution is 5.66. The molecule has 2 fully saturated rings. The number of hydrogen-bond acceptors (Lipinski definition) is 7. The monoisotopic (exact) mass is 465 g/mol. The Morgan fingerprint density at radius 2 is 1.94 bits per heavy atom. The Hall–Kier alpha value is -1.73. The summed E-state index contributed by atoms with van der Waals surface area (Å²) < 4.78 is 16.6. The predicted octanol–water partition coefficient (Wildman–Crippen LogP) is 4.45. The fourth-order valence-electron chi connectivity index (χ4n) is 4.71. The Labute approximate surface area is 198 Å². The van der Waals surface area contributed by atoms with Crippen LogP contribution in [0.15, 0.2) is 16.6 Å². The first-order valence-electron chi connectivity index (χ1n) is 12.7. The van der Waals surface area contributed by atoms with E-state index in [0.29, 0.717) is 25.8 Å². The lowest BCUT2D eigenvalue weighted by atomic mass is 9.79. The van der Waals surface area contributed by atoms with E-state index < -0.39 is 6.09 Å². The van der Waals surface area contributed by atoms with Crippen LogP contribution < -0.4 is 10.6 Å². The molecular formula is C25H43N3O5. The SMILES string of the molecule is C/C=C(\CC)CCCNC(=O)OCCOCNC1CCC(CC2CCC(N=C=O)CC2)CO1. The lowest BCUT2D eigenvalue weighted by molar-refractivity contribution is -0.0595. The normalized spacial score (nSPS) is 25.8. The van der Waals surface area contributed by atoms with Gasteiger partial charge in [0.2, 0.25) is 6.08 Å². The van der Waals surface area contributed by atoms with E-state index in [4.69, 9.17) is 14.2 Å². The van der Waals surface area contributed by atoms with Crippen molar-refractivity contribution in [1.29, 1.82) is 0 Å². The fourth-order valence-corrected chi connectivity index (χ4v) is 4.71. The summed E-state index contributed by atoms with van der Waals surface area (Å²) in [6.45, 7) is 6.56. The van der Waals surface area contributed by atoms with Crippen molar-refractivity contribution in [3.05, 3.63) is 11.6 Å². The summed E-state index contributed by atoms with van der Waals surface area (Å²) in [5.74, 6) is 1.34. The highest BCUT2D eigenvalue weighted by atomic mass is 16.6. The van der Waals surface area contributed by atoms with Crippen molar-refractivity contribution in [1.82, 2.24) is 10.6 Å². The summed E-state index contributed by atoms with van der Waals surface area (Å²) in [6, 6.07) is 0.192. The smallest absolute Gasteiger partial charge is 0.407 e. The molecule has 2 aliphatic rings. The van der Waals surface area contributed by atoms with Gasteiger partial charge in [0.05, 0.1) is 26.0 Å². The molecule has 33 heavy (non-hydrogen) atoms. The summed E-state index contributed by atoms with van der Waals surface area (Å²) in [7, 11) is 0. The van der Waals surface area contributed by atoms with E-state index in [1.165, 1.54) is 12.0 Å². The first-order chi connectivity index (χ1) is 16.1. The van der Waals surface area contributed by atoms with Gasteiger partial charge in [-0.2, -0.15) is 0 Å². The summed E-state index contributed by atoms with van der Waals surface area (Å²) in [5.41, 5.74) is 1.41. The van der Waals surface area contributed by atoms with Crippen molar-refractivity contribution in [3.63, 3.8) is 0 Å². The Balaban J connectivity index is 1.41. The minimum Gasteiger partial charge on any atom is -0.447 e. The minimum atomic E-state index is -0.392. The van der Waals surface area contributed by atoms with Crippen LogP contribution in [0.2, 0.25) is 0 Å². The number of alkyl carbamates (subject to hydrolysis) is 1. The standard InChI is InChI=1S/C25H43N3O5/c1-3-20(4-2)6-5-13-26-25(30)32-15-14-31-19-28-24-12-9-22(17-33-24)16-21-7-10-23(11-8-21)27-18-29/h3,21-24,28H,4-17,19H2,1-2H3,(H,26,30)/b20-3+. The maximum atomic E-state index is 11.7. The number of nitrogens with zero attached hydrogens (tertiary/aromatic N) is 1. The topological polar surface area (TPSA) is 98.3 Å². The zero-order valence-electron chi connectivity index (χ0n) is 20.5. The van der Waals surface area contributed by atoms with Gasteiger partial charge in [0.25, 0.3) is 0 Å². The third-order valence-corrected chi connectivity index (χ3v) is 6.77. The minimum absolute atomic E-state index is 0.0216. The number of nitrogens with one attached hydrogen (secondary N) is 2. The largest absolute Gasteiger partial charge is 0.447 e. The molecule has 0 bridgehead atoms. The zero-order chi connectivity index (χ0) is 23.7. The van der Waals surface area contributed by atoms with Crippen LogP contribution in [-0.4, -0.2) is 57.5 Å². The van der Waals surface area contributed by atoms with Crippen LogP contribution in [0.3, 0.4) is 0 Å². The van der Waals surface area contributed by atoms with Crippen LogP contribution in [0.1, 0.15) is 78.1 Å². The predicted molar refractivity (Wildman–Crippen MR) is 128 cm³/mol. The molecule has 0 spiro atoms. The lowest BCUT2D eigenvalue weighted by Crippen LogP contribution is -2.39. The molecule has 2 rings (SSSR count). The Kier molecular flexibility index (Phi) is 14.0. The average molecular weight is 466 g/mol. The van der Waals surface area contributed by atoms with E-state index in [1.807, 2.05) is 0 Å². The van der Waals surface area contributed by atoms with Crippen LogP contribution in [0.5, 0.6) is 0 Å². The Morgan fingerprint density at radius 1 is 1.15 bits per heavy atom. The molecule has 188 valence electrons. The second-order valence-electron chi connectivity index (χ2n) is 9.12. The summed E-state index contributed by atoms with van der Waals surface area (Å²) >= 11 is 0. The quantitative estimate of drug-likeness (QED) is 0.129. The van der Waals surface area contributed by atoms with Crippen molar-refractivity contribution in [2.45, 2.75) is 90.3 Å². The van der Waals surface area contributed by atoms with Crippen LogP contribution in [0.4, 0.5) is 4.79 Å². The average Bonchev–Trinajstić information content (AvgIpc) is 2.84. The molecule has 0 radical (unpaired) electrons. The van der Waals surface area contributed by atoms with Crippen LogP contribution >= 0.6 is 0 Å². The number of rotatable bonds is 14. The van der Waals surface area contributed by atoms with Gasteiger partial charge >= 0.3 is 6.09 Å². The van der Waals surface area contributed by atoms with E-state index in [0.717, 1.165) is 70.3 Å². The van der Waals surface area contributed by atoms with Gasteiger partial charge in [-0.15, -0.1) is 0 Å². The van der Waals surface area contributed by atoms with Crippen LogP contribution in [0.25, 0.3) is 0 Å². The highest BCUT2D eigenvalue weighted by Gasteiger charge is 2.27. The van der Waals surface area contributed by atoms with Gasteiger partial charge < -0.3 is 19.5 Å². The van der Waals surface area contributed by atoms with E-state index in [9.17, 15) is 9.59 Å². The molecule has 8 nitrogen and oxygen atoms in total. The van der Waals surface area contributed by atoms with Crippen molar-refractivity contribution >= 4 is 12.2 Å². The number of isocyanates is 1. The molecule has 1 saturated carbocycles. The van der Waals surface area contributed by atoms with Gasteiger partial charge in [-0.05, 0) is 83.0 Å². The molecule has 0 aromatic carbocycles. The molecule has 1 heterocycles. The number of ether oxygens (including phenoxy) is 3. The molecule has 0 aromatic rings. The molecule has 1 aliphatic carbocycles. The molecule has 1 amide bonds. The Morgan fingerprint density at radius 3 is 2.61 bits per heavy atom. The summed E-state index contributed by atoms with van der Waals surface area (Å²) in [6.07, 6.45) is 14.1. The number of allylic oxidation sites excluding steroid dienone is 2. The van der Waals surface area contributed by atoms with Gasteiger partial charge in [-0.1, -0.05) is 18.6 Å². The van der Waals surface area contributed by atoms with Crippen molar-refractivity contribution in [2.24, 2.45) is 16.8 Å². The summed E-state index contributed by atoms with van der Waals surface area (Å²) in [5, 5.41) is 6.03. The van der Waals surface area contributed by atoms with Gasteiger partial charge in [-0.25, -0.2) is 14.6 Å². The number of carbonyl (C=O) groups is 1. The maximum absolute atomic E-state index is 11.7. The number of aliphatic imine (C=N–C) groups is 1. The van der Waals surface area contributed by atoms with Crippen molar-refractivity contribution < 1.29 is 23.8 Å². The van der Waals surface area contributed by atoms with E-state index >= 15 is 0 Å². The summed E-state index contributed by atoms with van der Waals surface area (Å²) in [4.78, 5) is 25.9. The highest BCUT2D eigenvalue weighted by Crippen LogP contribution is 2.33. The molecular weight excluding hydrogens is 422 g/mol. The molecule has 2 unspecified atom stereocenters. The molecule has 0 aromatic heterocycles. The van der Waals surface area contributed by atoms with E-state index in [2.05, 4.69) is 35.5 Å². The number of carbonyl (C=O) groups excluding carboxylic acids is 2. The molecule has 1 saturated heterocycles. The third-order valence-electron chi connectivity index (χ3n) is 6.77. The second kappa shape index (κ2) is 16.8. The maximum Gasteiger partial charge on any atom is 0.407 e. The van der Waals surface area contributed by atoms with Gasteiger partial charge in [0, 0.05) is 6.54 Å². The Bertz CT molecular complexity index is 620. The van der Waals surface area contributed by atoms with Crippen LogP contribution in [0, 0.1) is 11.8 Å². The zero-order valence-corrected chi connectivity index (χ0v) is 20.5. The number of hydrogen-bond donors (Lipinski definition) is 2. The lowest BCUT2D eigenvalue weighted by Gasteiger charge is -2.33.